The van der Waals surface area contributed by atoms with Crippen LogP contribution in [0.5, 0.6) is 0 Å². The molecule has 1 aromatic carbocycles. The Labute approximate surface area is 118 Å². The number of nitrogens with one attached hydrogen (secondary N) is 1. The molecule has 0 spiro atoms. The first kappa shape index (κ1) is 13.5. The van der Waals surface area contributed by atoms with E-state index >= 15 is 0 Å². The van der Waals surface area contributed by atoms with E-state index in [9.17, 15) is 4.79 Å². The van der Waals surface area contributed by atoms with Crippen molar-refractivity contribution < 1.29 is 9.90 Å². The molecule has 0 aliphatic heterocycles. The standard InChI is InChI=1S/C13H8N4O2S/c1-7-11(12(18)19)20-13(16-7)17-10-3-2-8(5-14)9(4-10)6-15/h2-4H,1H3,(H,16,17)(H,18,19). The van der Waals surface area contributed by atoms with Crippen molar-refractivity contribution in [2.75, 3.05) is 5.32 Å². The molecule has 1 heterocycles. The summed E-state index contributed by atoms with van der Waals surface area (Å²) in [4.78, 5) is 15.2. The van der Waals surface area contributed by atoms with Gasteiger partial charge in [0.05, 0.1) is 16.8 Å². The molecule has 0 aliphatic rings. The summed E-state index contributed by atoms with van der Waals surface area (Å²) in [6.07, 6.45) is 0. The molecule has 2 N–H and O–H groups in total. The molecule has 0 saturated carbocycles. The van der Waals surface area contributed by atoms with E-state index in [0.29, 0.717) is 22.1 Å². The van der Waals surface area contributed by atoms with Gasteiger partial charge in [-0.05, 0) is 25.1 Å². The van der Waals surface area contributed by atoms with Crippen LogP contribution in [0, 0.1) is 29.6 Å². The van der Waals surface area contributed by atoms with Crippen molar-refractivity contribution in [3.8, 4) is 12.1 Å². The normalized spacial score (nSPS) is 9.55. The fourth-order valence-electron chi connectivity index (χ4n) is 1.58. The number of aromatic carboxylic acids is 1. The number of rotatable bonds is 3. The summed E-state index contributed by atoms with van der Waals surface area (Å²) in [5.74, 6) is -1.02. The maximum atomic E-state index is 10.9. The summed E-state index contributed by atoms with van der Waals surface area (Å²) in [5, 5.41) is 30.1. The van der Waals surface area contributed by atoms with Gasteiger partial charge < -0.3 is 10.4 Å². The zero-order valence-electron chi connectivity index (χ0n) is 10.3. The van der Waals surface area contributed by atoms with E-state index in [0.717, 1.165) is 11.3 Å². The molecule has 0 atom stereocenters. The van der Waals surface area contributed by atoms with Crippen LogP contribution in [-0.2, 0) is 0 Å². The Morgan fingerprint density at radius 3 is 2.60 bits per heavy atom. The van der Waals surface area contributed by atoms with E-state index < -0.39 is 5.97 Å². The highest BCUT2D eigenvalue weighted by molar-refractivity contribution is 7.17. The maximum Gasteiger partial charge on any atom is 0.347 e. The van der Waals surface area contributed by atoms with Crippen LogP contribution in [0.3, 0.4) is 0 Å². The lowest BCUT2D eigenvalue weighted by Crippen LogP contribution is -1.94. The number of anilines is 2. The topological polar surface area (TPSA) is 110 Å². The summed E-state index contributed by atoms with van der Waals surface area (Å²) in [7, 11) is 0. The van der Waals surface area contributed by atoms with E-state index in [1.807, 2.05) is 12.1 Å². The highest BCUT2D eigenvalue weighted by atomic mass is 32.1. The molecule has 2 aromatic rings. The second-order valence-corrected chi connectivity index (χ2v) is 4.85. The Morgan fingerprint density at radius 1 is 1.35 bits per heavy atom. The minimum absolute atomic E-state index is 0.168. The van der Waals surface area contributed by atoms with Crippen LogP contribution in [0.25, 0.3) is 0 Å². The first-order valence-electron chi connectivity index (χ1n) is 5.47. The number of benzene rings is 1. The highest BCUT2D eigenvalue weighted by Gasteiger charge is 2.14. The predicted octanol–water partition coefficient (Wildman–Crippen LogP) is 2.64. The van der Waals surface area contributed by atoms with Crippen molar-refractivity contribution in [1.82, 2.24) is 4.98 Å². The van der Waals surface area contributed by atoms with Crippen molar-refractivity contribution in [3.05, 3.63) is 39.9 Å². The van der Waals surface area contributed by atoms with Gasteiger partial charge in [-0.15, -0.1) is 0 Å². The molecule has 7 heteroatoms. The summed E-state index contributed by atoms with van der Waals surface area (Å²) < 4.78 is 0. The second kappa shape index (κ2) is 5.39. The van der Waals surface area contributed by atoms with Crippen molar-refractivity contribution in [2.24, 2.45) is 0 Å². The Morgan fingerprint density at radius 2 is 2.05 bits per heavy atom. The van der Waals surface area contributed by atoms with Crippen LogP contribution in [0.4, 0.5) is 10.8 Å². The highest BCUT2D eigenvalue weighted by Crippen LogP contribution is 2.26. The first-order valence-corrected chi connectivity index (χ1v) is 6.28. The number of carbonyl (C=O) groups is 1. The monoisotopic (exact) mass is 284 g/mol. The van der Waals surface area contributed by atoms with E-state index in [1.54, 1.807) is 13.0 Å². The number of aryl methyl sites for hydroxylation is 1. The zero-order chi connectivity index (χ0) is 14.7. The number of carboxylic acids is 1. The van der Waals surface area contributed by atoms with Gasteiger partial charge in [-0.1, -0.05) is 11.3 Å². The summed E-state index contributed by atoms with van der Waals surface area (Å²) in [6.45, 7) is 1.62. The first-order chi connectivity index (χ1) is 9.55. The van der Waals surface area contributed by atoms with Gasteiger partial charge >= 0.3 is 5.97 Å². The minimum atomic E-state index is -1.02. The third-order valence-corrected chi connectivity index (χ3v) is 3.56. The smallest absolute Gasteiger partial charge is 0.347 e. The number of aromatic nitrogens is 1. The maximum absolute atomic E-state index is 10.9. The molecular weight excluding hydrogens is 276 g/mol. The number of nitriles is 2. The SMILES string of the molecule is Cc1nc(Nc2ccc(C#N)c(C#N)c2)sc1C(=O)O. The average molecular weight is 284 g/mol. The largest absolute Gasteiger partial charge is 0.477 e. The lowest BCUT2D eigenvalue weighted by atomic mass is 10.1. The molecule has 0 saturated heterocycles. The number of hydrogen-bond donors (Lipinski definition) is 2. The van der Waals surface area contributed by atoms with Crippen molar-refractivity contribution in [2.45, 2.75) is 6.92 Å². The van der Waals surface area contributed by atoms with Crippen LogP contribution < -0.4 is 5.32 Å². The molecular formula is C13H8N4O2S. The lowest BCUT2D eigenvalue weighted by molar-refractivity contribution is 0.0701. The molecule has 0 aliphatic carbocycles. The quantitative estimate of drug-likeness (QED) is 0.896. The Balaban J connectivity index is 2.32. The summed E-state index contributed by atoms with van der Waals surface area (Å²) >= 11 is 1.02. The molecule has 0 amide bonds. The van der Waals surface area contributed by atoms with E-state index in [1.165, 1.54) is 12.1 Å². The number of carboxylic acid groups (broad SMARTS) is 1. The predicted molar refractivity (Wildman–Crippen MR) is 73.0 cm³/mol. The molecule has 0 radical (unpaired) electrons. The number of thiazole rings is 1. The van der Waals surface area contributed by atoms with Crippen LogP contribution in [0.1, 0.15) is 26.5 Å². The Bertz CT molecular complexity index is 768. The fraction of sp³-hybridized carbons (Fsp3) is 0.0769. The van der Waals surface area contributed by atoms with Gasteiger partial charge in [0, 0.05) is 5.69 Å². The second-order valence-electron chi connectivity index (χ2n) is 3.85. The van der Waals surface area contributed by atoms with Crippen molar-refractivity contribution >= 4 is 28.1 Å². The van der Waals surface area contributed by atoms with Crippen LogP contribution in [-0.4, -0.2) is 16.1 Å². The lowest BCUT2D eigenvalue weighted by Gasteiger charge is -2.03. The fourth-order valence-corrected chi connectivity index (χ4v) is 2.41. The van der Waals surface area contributed by atoms with Gasteiger partial charge in [-0.3, -0.25) is 0 Å². The van der Waals surface area contributed by atoms with Crippen LogP contribution in [0.2, 0.25) is 0 Å². The molecule has 0 bridgehead atoms. The van der Waals surface area contributed by atoms with E-state index in [-0.39, 0.29) is 10.4 Å². The Kier molecular flexibility index (Phi) is 3.65. The van der Waals surface area contributed by atoms with Gasteiger partial charge in [0.25, 0.3) is 0 Å². The van der Waals surface area contributed by atoms with Gasteiger partial charge in [0.1, 0.15) is 17.0 Å². The number of hydrogen-bond acceptors (Lipinski definition) is 6. The molecule has 98 valence electrons. The van der Waals surface area contributed by atoms with Gasteiger partial charge in [-0.2, -0.15) is 10.5 Å². The van der Waals surface area contributed by atoms with Gasteiger partial charge in [-0.25, -0.2) is 9.78 Å². The minimum Gasteiger partial charge on any atom is -0.477 e. The Hall–Kier alpha value is -2.90. The molecule has 0 unspecified atom stereocenters. The average Bonchev–Trinajstić information content (AvgIpc) is 2.79. The molecule has 2 rings (SSSR count). The van der Waals surface area contributed by atoms with E-state index in [2.05, 4.69) is 10.3 Å². The zero-order valence-corrected chi connectivity index (χ0v) is 11.2. The van der Waals surface area contributed by atoms with Gasteiger partial charge in [0.15, 0.2) is 5.13 Å². The van der Waals surface area contributed by atoms with Crippen LogP contribution >= 0.6 is 11.3 Å². The van der Waals surface area contributed by atoms with Gasteiger partial charge in [0.2, 0.25) is 0 Å². The van der Waals surface area contributed by atoms with Crippen molar-refractivity contribution in [1.29, 1.82) is 10.5 Å². The van der Waals surface area contributed by atoms with Crippen LogP contribution in [0.15, 0.2) is 18.2 Å². The number of nitrogens with zero attached hydrogens (tertiary/aromatic N) is 3. The third-order valence-electron chi connectivity index (χ3n) is 2.50. The summed E-state index contributed by atoms with van der Waals surface area (Å²) in [6, 6.07) is 8.54. The van der Waals surface area contributed by atoms with E-state index in [4.69, 9.17) is 15.6 Å². The molecule has 1 aromatic heterocycles. The molecule has 20 heavy (non-hydrogen) atoms. The third kappa shape index (κ3) is 2.58. The summed E-state index contributed by atoms with van der Waals surface area (Å²) in [5.41, 5.74) is 1.55. The van der Waals surface area contributed by atoms with Crippen molar-refractivity contribution in [3.63, 3.8) is 0 Å². The molecule has 0 fully saturated rings. The molecule has 6 nitrogen and oxygen atoms in total.